The van der Waals surface area contributed by atoms with Crippen molar-refractivity contribution in [2.24, 2.45) is 17.6 Å². The van der Waals surface area contributed by atoms with Crippen LogP contribution in [0.4, 0.5) is 0 Å². The average molecular weight is 229 g/mol. The quantitative estimate of drug-likeness (QED) is 0.568. The molecule has 0 aliphatic rings. The molecule has 2 amide bonds. The summed E-state index contributed by atoms with van der Waals surface area (Å²) < 4.78 is 0. The SMILES string of the molecule is CC(C)CNC(=O)C(C)NCC(C)C(N)=O. The number of nitrogens with two attached hydrogens (primary N) is 1. The molecule has 5 heteroatoms. The molecule has 2 atom stereocenters. The number of hydrogen-bond acceptors (Lipinski definition) is 3. The predicted octanol–water partition coefficient (Wildman–Crippen LogP) is -0.142. The lowest BCUT2D eigenvalue weighted by Gasteiger charge is -2.16. The van der Waals surface area contributed by atoms with E-state index in [1.54, 1.807) is 13.8 Å². The summed E-state index contributed by atoms with van der Waals surface area (Å²) in [5.41, 5.74) is 5.12. The van der Waals surface area contributed by atoms with Gasteiger partial charge >= 0.3 is 0 Å². The van der Waals surface area contributed by atoms with Crippen molar-refractivity contribution in [3.63, 3.8) is 0 Å². The highest BCUT2D eigenvalue weighted by Crippen LogP contribution is 1.93. The Morgan fingerprint density at radius 3 is 2.12 bits per heavy atom. The Morgan fingerprint density at radius 1 is 1.12 bits per heavy atom. The summed E-state index contributed by atoms with van der Waals surface area (Å²) in [4.78, 5) is 22.3. The zero-order chi connectivity index (χ0) is 12.7. The van der Waals surface area contributed by atoms with Crippen molar-refractivity contribution < 1.29 is 9.59 Å². The number of rotatable bonds is 7. The maximum absolute atomic E-state index is 11.5. The van der Waals surface area contributed by atoms with Crippen LogP contribution in [0.3, 0.4) is 0 Å². The molecule has 16 heavy (non-hydrogen) atoms. The first-order valence-electron chi connectivity index (χ1n) is 5.65. The molecule has 0 fully saturated rings. The molecule has 0 bridgehead atoms. The maximum atomic E-state index is 11.5. The number of amides is 2. The predicted molar refractivity (Wildman–Crippen MR) is 63.7 cm³/mol. The molecule has 0 rings (SSSR count). The van der Waals surface area contributed by atoms with Gasteiger partial charge in [0.15, 0.2) is 0 Å². The molecule has 0 aliphatic heterocycles. The molecule has 2 unspecified atom stereocenters. The van der Waals surface area contributed by atoms with Gasteiger partial charge in [0, 0.05) is 19.0 Å². The summed E-state index contributed by atoms with van der Waals surface area (Å²) in [5, 5.41) is 5.79. The van der Waals surface area contributed by atoms with Gasteiger partial charge in [-0.05, 0) is 12.8 Å². The summed E-state index contributed by atoms with van der Waals surface area (Å²) in [6.45, 7) is 8.65. The Kier molecular flexibility index (Phi) is 6.72. The van der Waals surface area contributed by atoms with Crippen LogP contribution >= 0.6 is 0 Å². The highest BCUT2D eigenvalue weighted by Gasteiger charge is 2.15. The van der Waals surface area contributed by atoms with Crippen LogP contribution in [0.1, 0.15) is 27.7 Å². The van der Waals surface area contributed by atoms with Crippen molar-refractivity contribution in [1.82, 2.24) is 10.6 Å². The Bertz CT molecular complexity index is 241. The molecular weight excluding hydrogens is 206 g/mol. The molecule has 0 radical (unpaired) electrons. The molecule has 0 saturated carbocycles. The van der Waals surface area contributed by atoms with Gasteiger partial charge in [0.25, 0.3) is 0 Å². The first-order chi connectivity index (χ1) is 7.34. The number of hydrogen-bond donors (Lipinski definition) is 3. The normalized spacial score (nSPS) is 14.6. The number of primary amides is 1. The van der Waals surface area contributed by atoms with E-state index in [1.165, 1.54) is 0 Å². The van der Waals surface area contributed by atoms with Crippen LogP contribution in [0.2, 0.25) is 0 Å². The molecule has 0 aromatic heterocycles. The zero-order valence-electron chi connectivity index (χ0n) is 10.5. The Balaban J connectivity index is 3.83. The van der Waals surface area contributed by atoms with E-state index < -0.39 is 0 Å². The minimum absolute atomic E-state index is 0.0506. The van der Waals surface area contributed by atoms with E-state index in [2.05, 4.69) is 10.6 Å². The molecule has 0 aromatic carbocycles. The number of nitrogens with one attached hydrogen (secondary N) is 2. The second-order valence-corrected chi connectivity index (χ2v) is 4.57. The first-order valence-corrected chi connectivity index (χ1v) is 5.65. The molecular formula is C11H23N3O2. The van der Waals surface area contributed by atoms with Crippen LogP contribution in [-0.2, 0) is 9.59 Å². The van der Waals surface area contributed by atoms with E-state index in [4.69, 9.17) is 5.73 Å². The van der Waals surface area contributed by atoms with Crippen molar-refractivity contribution in [3.05, 3.63) is 0 Å². The Hall–Kier alpha value is -1.10. The van der Waals surface area contributed by atoms with Crippen LogP contribution in [0.5, 0.6) is 0 Å². The van der Waals surface area contributed by atoms with Crippen molar-refractivity contribution in [1.29, 1.82) is 0 Å². The standard InChI is InChI=1S/C11H23N3O2/c1-7(2)5-14-11(16)9(4)13-6-8(3)10(12)15/h7-9,13H,5-6H2,1-4H3,(H2,12,15)(H,14,16). The lowest BCUT2D eigenvalue weighted by molar-refractivity contribution is -0.124. The first kappa shape index (κ1) is 14.9. The molecule has 5 nitrogen and oxygen atoms in total. The van der Waals surface area contributed by atoms with Crippen LogP contribution in [0, 0.1) is 11.8 Å². The second-order valence-electron chi connectivity index (χ2n) is 4.57. The summed E-state index contributed by atoms with van der Waals surface area (Å²) in [5.74, 6) is -0.242. The van der Waals surface area contributed by atoms with Crippen molar-refractivity contribution in [2.75, 3.05) is 13.1 Å². The van der Waals surface area contributed by atoms with Crippen LogP contribution in [-0.4, -0.2) is 30.9 Å². The lowest BCUT2D eigenvalue weighted by Crippen LogP contribution is -2.45. The van der Waals surface area contributed by atoms with E-state index in [0.717, 1.165) is 0 Å². The van der Waals surface area contributed by atoms with Crippen molar-refractivity contribution in [3.8, 4) is 0 Å². The van der Waals surface area contributed by atoms with Gasteiger partial charge in [-0.3, -0.25) is 9.59 Å². The monoisotopic (exact) mass is 229 g/mol. The Morgan fingerprint density at radius 2 is 1.69 bits per heavy atom. The number of carbonyl (C=O) groups excluding carboxylic acids is 2. The molecule has 94 valence electrons. The third-order valence-electron chi connectivity index (χ3n) is 2.29. The Labute approximate surface area is 97.2 Å². The summed E-state index contributed by atoms with van der Waals surface area (Å²) in [6, 6.07) is -0.305. The van der Waals surface area contributed by atoms with Gasteiger partial charge in [-0.15, -0.1) is 0 Å². The van der Waals surface area contributed by atoms with E-state index in [9.17, 15) is 9.59 Å². The topological polar surface area (TPSA) is 84.2 Å². The highest BCUT2D eigenvalue weighted by molar-refractivity contribution is 5.81. The fourth-order valence-electron chi connectivity index (χ4n) is 1.00. The van der Waals surface area contributed by atoms with Gasteiger partial charge in [-0.1, -0.05) is 20.8 Å². The molecule has 0 saturated heterocycles. The minimum Gasteiger partial charge on any atom is -0.369 e. The smallest absolute Gasteiger partial charge is 0.236 e. The lowest BCUT2D eigenvalue weighted by atomic mass is 10.1. The average Bonchev–Trinajstić information content (AvgIpc) is 2.21. The van der Waals surface area contributed by atoms with E-state index in [0.29, 0.717) is 19.0 Å². The third kappa shape index (κ3) is 6.40. The molecule has 0 aliphatic carbocycles. The largest absolute Gasteiger partial charge is 0.369 e. The fraction of sp³-hybridized carbons (Fsp3) is 0.818. The third-order valence-corrected chi connectivity index (χ3v) is 2.29. The van der Waals surface area contributed by atoms with Gasteiger partial charge in [0.1, 0.15) is 0 Å². The minimum atomic E-state index is -0.359. The van der Waals surface area contributed by atoms with Crippen LogP contribution in [0.25, 0.3) is 0 Å². The fourth-order valence-corrected chi connectivity index (χ4v) is 1.00. The highest BCUT2D eigenvalue weighted by atomic mass is 16.2. The van der Waals surface area contributed by atoms with Crippen LogP contribution in [0.15, 0.2) is 0 Å². The summed E-state index contributed by atoms with van der Waals surface area (Å²) in [6.07, 6.45) is 0. The molecule has 4 N–H and O–H groups in total. The van der Waals surface area contributed by atoms with Crippen molar-refractivity contribution in [2.45, 2.75) is 33.7 Å². The van der Waals surface area contributed by atoms with Gasteiger partial charge < -0.3 is 16.4 Å². The van der Waals surface area contributed by atoms with E-state index in [1.807, 2.05) is 13.8 Å². The van der Waals surface area contributed by atoms with E-state index >= 15 is 0 Å². The number of carbonyl (C=O) groups is 2. The van der Waals surface area contributed by atoms with Gasteiger partial charge in [0.05, 0.1) is 6.04 Å². The maximum Gasteiger partial charge on any atom is 0.236 e. The summed E-state index contributed by atoms with van der Waals surface area (Å²) >= 11 is 0. The van der Waals surface area contributed by atoms with Gasteiger partial charge in [0.2, 0.25) is 11.8 Å². The molecule has 0 spiro atoms. The van der Waals surface area contributed by atoms with Gasteiger partial charge in [-0.2, -0.15) is 0 Å². The summed E-state index contributed by atoms with van der Waals surface area (Å²) in [7, 11) is 0. The van der Waals surface area contributed by atoms with Crippen LogP contribution < -0.4 is 16.4 Å². The molecule has 0 heterocycles. The van der Waals surface area contributed by atoms with Gasteiger partial charge in [-0.25, -0.2) is 0 Å². The van der Waals surface area contributed by atoms with Crippen molar-refractivity contribution >= 4 is 11.8 Å². The molecule has 0 aromatic rings. The zero-order valence-corrected chi connectivity index (χ0v) is 10.5. The van der Waals surface area contributed by atoms with E-state index in [-0.39, 0.29) is 23.8 Å². The second kappa shape index (κ2) is 7.22.